The van der Waals surface area contributed by atoms with Gasteiger partial charge in [0.05, 0.1) is 20.4 Å². The van der Waals surface area contributed by atoms with Crippen LogP contribution >= 0.6 is 0 Å². The van der Waals surface area contributed by atoms with Gasteiger partial charge in [0.15, 0.2) is 0 Å². The van der Waals surface area contributed by atoms with Crippen LogP contribution in [0.2, 0.25) is 0 Å². The van der Waals surface area contributed by atoms with Gasteiger partial charge in [0.1, 0.15) is 12.2 Å². The second-order valence-electron chi connectivity index (χ2n) is 4.83. The maximum Gasteiger partial charge on any atom is 0.319 e. The molecule has 0 atom stereocenters. The normalized spacial score (nSPS) is 10.5. The molecule has 23 heavy (non-hydrogen) atoms. The molecule has 7 nitrogen and oxygen atoms in total. The van der Waals surface area contributed by atoms with E-state index in [4.69, 9.17) is 9.47 Å². The lowest BCUT2D eigenvalue weighted by molar-refractivity contribution is -0.116. The molecule has 2 heterocycles. The van der Waals surface area contributed by atoms with Gasteiger partial charge in [-0.15, -0.1) is 0 Å². The molecule has 3 aromatic rings. The highest BCUT2D eigenvalue weighted by Crippen LogP contribution is 2.22. The van der Waals surface area contributed by atoms with Crippen molar-refractivity contribution in [2.45, 2.75) is 6.54 Å². The Kier molecular flexibility index (Phi) is 4.09. The summed E-state index contributed by atoms with van der Waals surface area (Å²) in [6, 6.07) is 10.0. The Balaban J connectivity index is 1.77. The number of carbonyl (C=O) groups is 1. The van der Waals surface area contributed by atoms with Gasteiger partial charge < -0.3 is 19.4 Å². The Morgan fingerprint density at radius 1 is 1.22 bits per heavy atom. The molecule has 0 aliphatic heterocycles. The molecule has 2 aromatic heterocycles. The molecule has 1 aromatic carbocycles. The predicted molar refractivity (Wildman–Crippen MR) is 85.7 cm³/mol. The zero-order chi connectivity index (χ0) is 16.2. The van der Waals surface area contributed by atoms with Gasteiger partial charge in [-0.05, 0) is 17.5 Å². The maximum atomic E-state index is 12.3. The van der Waals surface area contributed by atoms with Gasteiger partial charge in [0.2, 0.25) is 11.8 Å². The largest absolute Gasteiger partial charge is 0.479 e. The van der Waals surface area contributed by atoms with Crippen LogP contribution in [-0.4, -0.2) is 34.7 Å². The number of amides is 1. The molecule has 7 heteroatoms. The lowest BCUT2D eigenvalue weighted by Crippen LogP contribution is -2.19. The van der Waals surface area contributed by atoms with Crippen molar-refractivity contribution in [3.63, 3.8) is 0 Å². The number of aromatic nitrogens is 3. The quantitative estimate of drug-likeness (QED) is 0.780. The minimum Gasteiger partial charge on any atom is -0.479 e. The Bertz CT molecular complexity index is 844. The molecule has 3 rings (SSSR count). The summed E-state index contributed by atoms with van der Waals surface area (Å²) in [6.45, 7) is 0.183. The fourth-order valence-electron chi connectivity index (χ4n) is 2.31. The number of nitrogens with zero attached hydrogens (tertiary/aromatic N) is 3. The molecule has 0 spiro atoms. The third kappa shape index (κ3) is 3.08. The number of ether oxygens (including phenoxy) is 2. The van der Waals surface area contributed by atoms with Gasteiger partial charge in [-0.3, -0.25) is 4.79 Å². The lowest BCUT2D eigenvalue weighted by Gasteiger charge is -2.10. The first-order valence-electron chi connectivity index (χ1n) is 7.00. The second-order valence-corrected chi connectivity index (χ2v) is 4.83. The Labute approximate surface area is 132 Å². The fraction of sp³-hybridized carbons (Fsp3) is 0.188. The van der Waals surface area contributed by atoms with E-state index in [0.717, 1.165) is 10.9 Å². The molecular weight excluding hydrogens is 296 g/mol. The van der Waals surface area contributed by atoms with Crippen molar-refractivity contribution in [1.82, 2.24) is 14.5 Å². The molecule has 0 radical (unpaired) electrons. The summed E-state index contributed by atoms with van der Waals surface area (Å²) < 4.78 is 11.9. The van der Waals surface area contributed by atoms with E-state index in [1.165, 1.54) is 20.4 Å². The Morgan fingerprint density at radius 2 is 2.04 bits per heavy atom. The zero-order valence-corrected chi connectivity index (χ0v) is 12.8. The first-order chi connectivity index (χ1) is 11.2. The molecule has 0 unspecified atom stereocenters. The van der Waals surface area contributed by atoms with E-state index in [0.29, 0.717) is 5.69 Å². The molecule has 118 valence electrons. The summed E-state index contributed by atoms with van der Waals surface area (Å²) in [5.41, 5.74) is 1.40. The summed E-state index contributed by atoms with van der Waals surface area (Å²) in [4.78, 5) is 20.3. The van der Waals surface area contributed by atoms with E-state index >= 15 is 0 Å². The van der Waals surface area contributed by atoms with Crippen LogP contribution in [0.3, 0.4) is 0 Å². The van der Waals surface area contributed by atoms with Gasteiger partial charge in [0, 0.05) is 11.7 Å². The average Bonchev–Trinajstić information content (AvgIpc) is 2.98. The SMILES string of the molecule is COc1ncc(NC(=O)Cn2ccc3ccccc32)c(OC)n1. The average molecular weight is 312 g/mol. The zero-order valence-electron chi connectivity index (χ0n) is 12.8. The number of anilines is 1. The van der Waals surface area contributed by atoms with E-state index in [2.05, 4.69) is 15.3 Å². The maximum absolute atomic E-state index is 12.3. The third-order valence-electron chi connectivity index (χ3n) is 3.38. The first-order valence-corrected chi connectivity index (χ1v) is 7.00. The number of para-hydroxylation sites is 1. The van der Waals surface area contributed by atoms with Gasteiger partial charge in [-0.25, -0.2) is 4.98 Å². The number of methoxy groups -OCH3 is 2. The van der Waals surface area contributed by atoms with E-state index in [1.807, 2.05) is 41.1 Å². The summed E-state index contributed by atoms with van der Waals surface area (Å²) in [6.07, 6.45) is 3.34. The number of rotatable bonds is 5. The molecule has 0 aliphatic carbocycles. The Hall–Kier alpha value is -3.09. The highest BCUT2D eigenvalue weighted by atomic mass is 16.5. The van der Waals surface area contributed by atoms with Gasteiger partial charge in [0.25, 0.3) is 0 Å². The van der Waals surface area contributed by atoms with Gasteiger partial charge in [-0.1, -0.05) is 18.2 Å². The molecule has 0 aliphatic rings. The van der Waals surface area contributed by atoms with Crippen LogP contribution in [0.25, 0.3) is 10.9 Å². The summed E-state index contributed by atoms with van der Waals surface area (Å²) in [7, 11) is 2.93. The number of carbonyl (C=O) groups excluding carboxylic acids is 1. The summed E-state index contributed by atoms with van der Waals surface area (Å²) in [5, 5.41) is 3.84. The van der Waals surface area contributed by atoms with Crippen molar-refractivity contribution in [3.8, 4) is 11.9 Å². The van der Waals surface area contributed by atoms with Crippen LogP contribution in [0.4, 0.5) is 5.69 Å². The van der Waals surface area contributed by atoms with Crippen LogP contribution < -0.4 is 14.8 Å². The van der Waals surface area contributed by atoms with Crippen molar-refractivity contribution in [2.24, 2.45) is 0 Å². The predicted octanol–water partition coefficient (Wildman–Crippen LogP) is 2.09. The third-order valence-corrected chi connectivity index (χ3v) is 3.38. The number of fused-ring (bicyclic) bond motifs is 1. The van der Waals surface area contributed by atoms with Crippen LogP contribution in [-0.2, 0) is 11.3 Å². The van der Waals surface area contributed by atoms with Crippen molar-refractivity contribution in [2.75, 3.05) is 19.5 Å². The Morgan fingerprint density at radius 3 is 2.83 bits per heavy atom. The van der Waals surface area contributed by atoms with Crippen molar-refractivity contribution >= 4 is 22.5 Å². The smallest absolute Gasteiger partial charge is 0.319 e. The van der Waals surface area contributed by atoms with Crippen molar-refractivity contribution < 1.29 is 14.3 Å². The number of nitrogens with one attached hydrogen (secondary N) is 1. The highest BCUT2D eigenvalue weighted by Gasteiger charge is 2.12. The lowest BCUT2D eigenvalue weighted by atomic mass is 10.2. The fourth-order valence-corrected chi connectivity index (χ4v) is 2.31. The monoisotopic (exact) mass is 312 g/mol. The molecule has 1 N–H and O–H groups in total. The van der Waals surface area contributed by atoms with Gasteiger partial charge >= 0.3 is 6.01 Å². The first kappa shape index (κ1) is 14.8. The van der Waals surface area contributed by atoms with Crippen molar-refractivity contribution in [3.05, 3.63) is 42.7 Å². The van der Waals surface area contributed by atoms with E-state index in [1.54, 1.807) is 0 Å². The number of benzene rings is 1. The van der Waals surface area contributed by atoms with Gasteiger partial charge in [-0.2, -0.15) is 4.98 Å². The standard InChI is InChI=1S/C16H16N4O3/c1-22-15-12(9-17-16(19-15)23-2)18-14(21)10-20-8-7-11-5-3-4-6-13(11)20/h3-9H,10H2,1-2H3,(H,18,21). The minimum atomic E-state index is -0.196. The number of hydrogen-bond acceptors (Lipinski definition) is 5. The molecule has 0 bridgehead atoms. The molecule has 0 saturated heterocycles. The van der Waals surface area contributed by atoms with Crippen LogP contribution in [0, 0.1) is 0 Å². The summed E-state index contributed by atoms with van der Waals surface area (Å²) in [5.74, 6) is 0.0565. The van der Waals surface area contributed by atoms with E-state index in [-0.39, 0.29) is 24.3 Å². The second kappa shape index (κ2) is 6.35. The van der Waals surface area contributed by atoms with Crippen molar-refractivity contribution in [1.29, 1.82) is 0 Å². The van der Waals surface area contributed by atoms with Crippen LogP contribution in [0.15, 0.2) is 42.7 Å². The molecule has 0 fully saturated rings. The van der Waals surface area contributed by atoms with Crippen LogP contribution in [0.5, 0.6) is 11.9 Å². The van der Waals surface area contributed by atoms with E-state index in [9.17, 15) is 4.79 Å². The van der Waals surface area contributed by atoms with E-state index < -0.39 is 0 Å². The molecule has 0 saturated carbocycles. The van der Waals surface area contributed by atoms with Crippen LogP contribution in [0.1, 0.15) is 0 Å². The molecular formula is C16H16N4O3. The molecule has 1 amide bonds. The minimum absolute atomic E-state index is 0.177. The highest BCUT2D eigenvalue weighted by molar-refractivity contribution is 5.92. The number of hydrogen-bond donors (Lipinski definition) is 1. The summed E-state index contributed by atoms with van der Waals surface area (Å²) >= 11 is 0. The topological polar surface area (TPSA) is 78.3 Å².